The van der Waals surface area contributed by atoms with Gasteiger partial charge in [-0.15, -0.1) is 0 Å². The van der Waals surface area contributed by atoms with E-state index in [9.17, 15) is 14.7 Å². The van der Waals surface area contributed by atoms with Gasteiger partial charge >= 0.3 is 5.97 Å². The molecule has 0 radical (unpaired) electrons. The van der Waals surface area contributed by atoms with Crippen molar-refractivity contribution in [1.29, 1.82) is 0 Å². The van der Waals surface area contributed by atoms with Gasteiger partial charge in [-0.25, -0.2) is 4.79 Å². The van der Waals surface area contributed by atoms with Crippen LogP contribution >= 0.6 is 0 Å². The predicted molar refractivity (Wildman–Crippen MR) is 66.2 cm³/mol. The molecule has 0 amide bonds. The van der Waals surface area contributed by atoms with Crippen LogP contribution in [0.2, 0.25) is 0 Å². The predicted octanol–water partition coefficient (Wildman–Crippen LogP) is 2.18. The summed E-state index contributed by atoms with van der Waals surface area (Å²) in [5, 5.41) is 9.25. The quantitative estimate of drug-likeness (QED) is 0.777. The van der Waals surface area contributed by atoms with E-state index in [1.165, 1.54) is 0 Å². The zero-order chi connectivity index (χ0) is 13.7. The third-order valence-corrected chi connectivity index (χ3v) is 4.59. The number of carbonyl (C=O) groups excluding carboxylic acids is 1. The molecule has 0 aromatic carbocycles. The van der Waals surface area contributed by atoms with Crippen LogP contribution in [0.15, 0.2) is 11.1 Å². The number of fused-ring (bicyclic) bond motifs is 1. The van der Waals surface area contributed by atoms with E-state index in [4.69, 9.17) is 4.74 Å². The summed E-state index contributed by atoms with van der Waals surface area (Å²) < 4.78 is 5.83. The lowest BCUT2D eigenvalue weighted by atomic mass is 9.71. The molecule has 100 valence electrons. The zero-order valence-electron chi connectivity index (χ0n) is 11.3. The van der Waals surface area contributed by atoms with E-state index >= 15 is 0 Å². The highest BCUT2D eigenvalue weighted by atomic mass is 16.5. The molecule has 4 nitrogen and oxygen atoms in total. The second-order valence-corrected chi connectivity index (χ2v) is 5.74. The molecular weight excluding hydrogens is 232 g/mol. The van der Waals surface area contributed by atoms with Gasteiger partial charge in [0.2, 0.25) is 0 Å². The van der Waals surface area contributed by atoms with Crippen LogP contribution < -0.4 is 0 Å². The fraction of sp³-hybridized carbons (Fsp3) is 0.714. The molecule has 4 atom stereocenters. The van der Waals surface area contributed by atoms with Gasteiger partial charge in [-0.2, -0.15) is 0 Å². The van der Waals surface area contributed by atoms with Gasteiger partial charge in [0, 0.05) is 5.92 Å². The van der Waals surface area contributed by atoms with Crippen LogP contribution in [0.3, 0.4) is 0 Å². The van der Waals surface area contributed by atoms with Gasteiger partial charge in [0.05, 0.1) is 6.10 Å². The molecule has 4 unspecified atom stereocenters. The van der Waals surface area contributed by atoms with Gasteiger partial charge in [-0.3, -0.25) is 4.79 Å². The van der Waals surface area contributed by atoms with Crippen molar-refractivity contribution in [3.8, 4) is 0 Å². The molecule has 0 saturated carbocycles. The maximum absolute atomic E-state index is 12.1. The molecule has 1 saturated heterocycles. The number of ether oxygens (including phenoxy) is 1. The molecule has 1 fully saturated rings. The van der Waals surface area contributed by atoms with Crippen molar-refractivity contribution < 1.29 is 19.4 Å². The van der Waals surface area contributed by atoms with Gasteiger partial charge in [0.1, 0.15) is 0 Å². The number of rotatable bonds is 1. The third kappa shape index (κ3) is 1.79. The van der Waals surface area contributed by atoms with Crippen LogP contribution in [0, 0.1) is 11.8 Å². The number of allylic oxidation sites excluding steroid dienone is 1. The number of Topliss-reactive ketones (excluding diaryl/α,β-unsaturated/α-hetero) is 1. The molecule has 2 aliphatic rings. The Morgan fingerprint density at radius 1 is 1.44 bits per heavy atom. The third-order valence-electron chi connectivity index (χ3n) is 4.59. The van der Waals surface area contributed by atoms with Crippen LogP contribution in [0.4, 0.5) is 0 Å². The first kappa shape index (κ1) is 13.3. The lowest BCUT2D eigenvalue weighted by Gasteiger charge is -2.44. The van der Waals surface area contributed by atoms with Gasteiger partial charge in [-0.1, -0.05) is 13.8 Å². The molecule has 18 heavy (non-hydrogen) atoms. The molecule has 0 bridgehead atoms. The second kappa shape index (κ2) is 4.19. The average molecular weight is 252 g/mol. The summed E-state index contributed by atoms with van der Waals surface area (Å²) in [4.78, 5) is 23.3. The van der Waals surface area contributed by atoms with Crippen molar-refractivity contribution in [2.24, 2.45) is 11.8 Å². The van der Waals surface area contributed by atoms with Crippen molar-refractivity contribution >= 4 is 11.8 Å². The molecule has 1 aliphatic heterocycles. The molecule has 2 rings (SSSR count). The minimum Gasteiger partial charge on any atom is -0.479 e. The fourth-order valence-corrected chi connectivity index (χ4v) is 2.91. The second-order valence-electron chi connectivity index (χ2n) is 5.74. The van der Waals surface area contributed by atoms with Crippen LogP contribution in [0.5, 0.6) is 0 Å². The van der Waals surface area contributed by atoms with E-state index in [1.54, 1.807) is 6.92 Å². The molecule has 4 heteroatoms. The minimum atomic E-state index is -1.12. The highest BCUT2D eigenvalue weighted by Crippen LogP contribution is 2.42. The summed E-state index contributed by atoms with van der Waals surface area (Å²) in [6, 6.07) is 0. The van der Waals surface area contributed by atoms with Crippen molar-refractivity contribution in [3.63, 3.8) is 0 Å². The summed E-state index contributed by atoms with van der Waals surface area (Å²) >= 11 is 0. The first-order valence-electron chi connectivity index (χ1n) is 6.43. The molecule has 1 N–H and O–H groups in total. The molecule has 1 aliphatic carbocycles. The van der Waals surface area contributed by atoms with E-state index in [2.05, 4.69) is 0 Å². The van der Waals surface area contributed by atoms with Crippen LogP contribution in [0.25, 0.3) is 0 Å². The van der Waals surface area contributed by atoms with Gasteiger partial charge in [-0.05, 0) is 43.8 Å². The summed E-state index contributed by atoms with van der Waals surface area (Å²) in [5.41, 5.74) is 0.658. The van der Waals surface area contributed by atoms with Gasteiger partial charge in [0.25, 0.3) is 0 Å². The van der Waals surface area contributed by atoms with E-state index in [-0.39, 0.29) is 23.7 Å². The van der Waals surface area contributed by atoms with Crippen molar-refractivity contribution in [1.82, 2.24) is 0 Å². The van der Waals surface area contributed by atoms with Crippen LogP contribution in [-0.2, 0) is 14.3 Å². The van der Waals surface area contributed by atoms with Crippen molar-refractivity contribution in [3.05, 3.63) is 11.1 Å². The Morgan fingerprint density at radius 3 is 2.61 bits per heavy atom. The normalized spacial score (nSPS) is 40.7. The smallest absolute Gasteiger partial charge is 0.335 e. The maximum Gasteiger partial charge on any atom is 0.335 e. The SMILES string of the molecule is CC1=C2CCC(C)(C(=O)O)OC2C(C)C(C)C1=O. The van der Waals surface area contributed by atoms with E-state index < -0.39 is 11.6 Å². The number of carbonyl (C=O) groups is 2. The number of hydrogen-bond acceptors (Lipinski definition) is 3. The highest BCUT2D eigenvalue weighted by Gasteiger charge is 2.48. The Bertz CT molecular complexity index is 437. The summed E-state index contributed by atoms with van der Waals surface area (Å²) in [6.07, 6.45) is 0.842. The number of carboxylic acids is 1. The van der Waals surface area contributed by atoms with E-state index in [1.807, 2.05) is 20.8 Å². The fourth-order valence-electron chi connectivity index (χ4n) is 2.91. The summed E-state index contributed by atoms with van der Waals surface area (Å²) in [7, 11) is 0. The van der Waals surface area contributed by atoms with Crippen molar-refractivity contribution in [2.75, 3.05) is 0 Å². The zero-order valence-corrected chi connectivity index (χ0v) is 11.3. The Labute approximate surface area is 107 Å². The molecule has 0 aromatic heterocycles. The number of aliphatic carboxylic acids is 1. The molecular formula is C14H20O4. The largest absolute Gasteiger partial charge is 0.479 e. The molecule has 0 spiro atoms. The Hall–Kier alpha value is -1.16. The number of ketones is 1. The van der Waals surface area contributed by atoms with E-state index in [0.717, 1.165) is 11.1 Å². The lowest BCUT2D eigenvalue weighted by Crippen LogP contribution is -2.51. The van der Waals surface area contributed by atoms with E-state index in [0.29, 0.717) is 12.8 Å². The average Bonchev–Trinajstić information content (AvgIpc) is 2.33. The maximum atomic E-state index is 12.1. The van der Waals surface area contributed by atoms with Gasteiger partial charge in [0.15, 0.2) is 11.4 Å². The standard InChI is InChI=1S/C14H20O4/c1-7-8(2)12-10(9(3)11(7)15)5-6-14(4,18-12)13(16)17/h7-8,12H,5-6H2,1-4H3,(H,16,17). The highest BCUT2D eigenvalue weighted by molar-refractivity contribution is 5.98. The van der Waals surface area contributed by atoms with Crippen LogP contribution in [0.1, 0.15) is 40.5 Å². The molecule has 1 heterocycles. The number of hydrogen-bond donors (Lipinski definition) is 1. The van der Waals surface area contributed by atoms with Crippen molar-refractivity contribution in [2.45, 2.75) is 52.2 Å². The summed E-state index contributed by atoms with van der Waals surface area (Å²) in [6.45, 7) is 7.31. The minimum absolute atomic E-state index is 0.0372. The summed E-state index contributed by atoms with van der Waals surface area (Å²) in [5.74, 6) is -0.808. The first-order valence-corrected chi connectivity index (χ1v) is 6.43. The van der Waals surface area contributed by atoms with Gasteiger partial charge < -0.3 is 9.84 Å². The monoisotopic (exact) mass is 252 g/mol. The Morgan fingerprint density at radius 2 is 2.06 bits per heavy atom. The first-order chi connectivity index (χ1) is 8.28. The Balaban J connectivity index is 2.38. The lowest BCUT2D eigenvalue weighted by molar-refractivity contribution is -0.180. The Kier molecular flexibility index (Phi) is 3.09. The topological polar surface area (TPSA) is 63.6 Å². The molecule has 0 aromatic rings. The number of carboxylic acid groups (broad SMARTS) is 1. The van der Waals surface area contributed by atoms with Crippen LogP contribution in [-0.4, -0.2) is 28.6 Å².